The number of carboxylic acid groups (broad SMARTS) is 1. The van der Waals surface area contributed by atoms with E-state index in [0.29, 0.717) is 26.2 Å². The summed E-state index contributed by atoms with van der Waals surface area (Å²) in [5, 5.41) is 9.68. The van der Waals surface area contributed by atoms with Gasteiger partial charge < -0.3 is 28.8 Å². The van der Waals surface area contributed by atoms with Crippen molar-refractivity contribution >= 4 is 54.2 Å². The van der Waals surface area contributed by atoms with Gasteiger partial charge in [0.25, 0.3) is 5.91 Å². The molecule has 3 fully saturated rings. The lowest BCUT2D eigenvalue weighted by atomic mass is 9.98. The minimum Gasteiger partial charge on any atom is -0.494 e. The molecule has 1 unspecified atom stereocenters. The van der Waals surface area contributed by atoms with E-state index in [0.717, 1.165) is 93.6 Å². The van der Waals surface area contributed by atoms with Gasteiger partial charge in [-0.15, -0.1) is 22.7 Å². The van der Waals surface area contributed by atoms with Gasteiger partial charge in [-0.05, 0) is 122 Å². The van der Waals surface area contributed by atoms with Gasteiger partial charge in [0, 0.05) is 62.1 Å². The van der Waals surface area contributed by atoms with E-state index in [-0.39, 0.29) is 60.5 Å². The monoisotopic (exact) mass is 947 g/mol. The second-order valence-corrected chi connectivity index (χ2v) is 22.7. The number of thiophene rings is 2. The minimum atomic E-state index is -4.02. The normalized spacial score (nSPS) is 18.7. The Morgan fingerprint density at radius 1 is 0.667 bits per heavy atom. The van der Waals surface area contributed by atoms with Crippen molar-refractivity contribution in [1.29, 1.82) is 0 Å². The molecule has 0 aliphatic carbocycles. The molecule has 0 radical (unpaired) electrons. The molecule has 0 spiro atoms. The van der Waals surface area contributed by atoms with Crippen LogP contribution in [0.3, 0.4) is 0 Å². The zero-order chi connectivity index (χ0) is 44.9. The summed E-state index contributed by atoms with van der Waals surface area (Å²) >= 11 is 2.26. The minimum absolute atomic E-state index is 0.0400. The molecule has 3 aliphatic rings. The van der Waals surface area contributed by atoms with Crippen molar-refractivity contribution in [2.24, 2.45) is 0 Å². The average molecular weight is 948 g/mol. The number of sulfone groups is 2. The third kappa shape index (κ3) is 11.3. The van der Waals surface area contributed by atoms with Crippen LogP contribution in [-0.2, 0) is 48.3 Å². The molecule has 7 rings (SSSR count). The average Bonchev–Trinajstić information content (AvgIpc) is 4.03. The molecule has 63 heavy (non-hydrogen) atoms. The van der Waals surface area contributed by atoms with E-state index in [1.54, 1.807) is 18.2 Å². The fourth-order valence-electron chi connectivity index (χ4n) is 7.36. The van der Waals surface area contributed by atoms with Crippen LogP contribution in [-0.4, -0.2) is 95.9 Å². The summed E-state index contributed by atoms with van der Waals surface area (Å²) in [5.41, 5.74) is 4.15. The first-order valence-corrected chi connectivity index (χ1v) is 26.1. The highest BCUT2D eigenvalue weighted by Crippen LogP contribution is 2.42. The highest BCUT2D eigenvalue weighted by Gasteiger charge is 2.54. The van der Waals surface area contributed by atoms with Crippen LogP contribution < -0.4 is 15.0 Å². The van der Waals surface area contributed by atoms with Crippen molar-refractivity contribution in [2.45, 2.75) is 109 Å². The van der Waals surface area contributed by atoms with Crippen LogP contribution in [0.4, 0.5) is 0 Å². The van der Waals surface area contributed by atoms with Crippen LogP contribution in [0, 0.1) is 0 Å². The SMILES string of the molecule is CCCCOc1ccc(-c2ccc(S(=O)(=O)C3(C(=O)NOC4CCCCO4)CCOCC3)s2)cc1.CCCCOc1ccc(-c2ccc(S(=O)(=O)C3(C(=O)O)CCOCC3)s2)cc1. The highest BCUT2D eigenvalue weighted by atomic mass is 32.2. The fourth-order valence-corrected chi connectivity index (χ4v) is 14.4. The number of ether oxygens (including phenoxy) is 5. The maximum atomic E-state index is 13.8. The first kappa shape index (κ1) is 48.6. The second-order valence-electron chi connectivity index (χ2n) is 15.6. The van der Waals surface area contributed by atoms with Crippen LogP contribution in [0.2, 0.25) is 0 Å². The van der Waals surface area contributed by atoms with Gasteiger partial charge in [0.15, 0.2) is 15.8 Å². The number of benzene rings is 2. The standard InChI is InChI=1S/C25H33NO7S2.C20H24O6S2/c1-2-3-15-31-20-9-7-19(8-10-20)21-11-12-23(34-21)35(28,29)25(13-17-30-18-14-25)24(27)26-33-22-6-4-5-16-32-22;1-2-3-12-26-16-6-4-15(5-7-16)17-8-9-18(27-17)28(23,24)20(19(21)22)10-13-25-14-11-20/h7-12,22H,2-6,13-18H2,1H3,(H,26,27);4-9H,2-3,10-14H2,1H3,(H,21,22). The zero-order valence-corrected chi connectivity index (χ0v) is 39.0. The van der Waals surface area contributed by atoms with Crippen LogP contribution in [0.15, 0.2) is 81.2 Å². The largest absolute Gasteiger partial charge is 0.494 e. The van der Waals surface area contributed by atoms with E-state index in [4.69, 9.17) is 28.5 Å². The summed E-state index contributed by atoms with van der Waals surface area (Å²) in [6.07, 6.45) is 6.13. The number of hydrogen-bond donors (Lipinski definition) is 2. The Labute approximate surface area is 378 Å². The molecule has 1 atom stereocenters. The Kier molecular flexibility index (Phi) is 17.2. The third-order valence-electron chi connectivity index (χ3n) is 11.4. The first-order valence-electron chi connectivity index (χ1n) is 21.5. The Balaban J connectivity index is 0.000000215. The molecule has 14 nitrogen and oxygen atoms in total. The number of aliphatic carboxylic acids is 1. The molecule has 4 aromatic rings. The number of carboxylic acids is 1. The van der Waals surface area contributed by atoms with Crippen molar-refractivity contribution in [3.63, 3.8) is 0 Å². The molecule has 1 amide bonds. The summed E-state index contributed by atoms with van der Waals surface area (Å²) in [6, 6.07) is 21.7. The summed E-state index contributed by atoms with van der Waals surface area (Å²) in [5.74, 6) is -0.419. The number of nitrogens with one attached hydrogen (secondary N) is 1. The lowest BCUT2D eigenvalue weighted by Gasteiger charge is -2.35. The molecule has 0 saturated carbocycles. The maximum absolute atomic E-state index is 13.8. The van der Waals surface area contributed by atoms with Gasteiger partial charge in [-0.3, -0.25) is 9.59 Å². The summed E-state index contributed by atoms with van der Waals surface area (Å²) in [6.45, 7) is 6.73. The Hall–Kier alpha value is -3.88. The molecule has 3 aliphatic heterocycles. The van der Waals surface area contributed by atoms with E-state index in [1.807, 2.05) is 48.5 Å². The summed E-state index contributed by atoms with van der Waals surface area (Å²) in [7, 11) is -8.02. The Morgan fingerprint density at radius 2 is 1.13 bits per heavy atom. The van der Waals surface area contributed by atoms with Crippen LogP contribution in [0.5, 0.6) is 11.5 Å². The van der Waals surface area contributed by atoms with Crippen LogP contribution in [0.1, 0.15) is 84.5 Å². The smallest absolute Gasteiger partial charge is 0.325 e. The van der Waals surface area contributed by atoms with Crippen LogP contribution >= 0.6 is 22.7 Å². The Bertz CT molecular complexity index is 2310. The quantitative estimate of drug-likeness (QED) is 0.0714. The van der Waals surface area contributed by atoms with E-state index in [9.17, 15) is 31.5 Å². The van der Waals surface area contributed by atoms with Gasteiger partial charge in [0.2, 0.25) is 19.7 Å². The number of hydroxylamine groups is 1. The molecular formula is C45H57NO13S4. The van der Waals surface area contributed by atoms with E-state index in [2.05, 4.69) is 19.3 Å². The van der Waals surface area contributed by atoms with Crippen molar-refractivity contribution in [1.82, 2.24) is 5.48 Å². The number of carbonyl (C=O) groups excluding carboxylic acids is 1. The predicted octanol–water partition coefficient (Wildman–Crippen LogP) is 8.49. The molecule has 344 valence electrons. The number of carbonyl (C=O) groups is 2. The van der Waals surface area contributed by atoms with Gasteiger partial charge >= 0.3 is 5.97 Å². The molecule has 2 aromatic carbocycles. The summed E-state index contributed by atoms with van der Waals surface area (Å²) < 4.78 is 78.2. The number of amides is 1. The molecule has 5 heterocycles. The van der Waals surface area contributed by atoms with E-state index >= 15 is 0 Å². The van der Waals surface area contributed by atoms with Gasteiger partial charge in [0.05, 0.1) is 13.2 Å². The number of hydrogen-bond acceptors (Lipinski definition) is 14. The topological polar surface area (TPSA) is 190 Å². The number of rotatable bonds is 18. The van der Waals surface area contributed by atoms with Gasteiger partial charge in [0.1, 0.15) is 19.9 Å². The zero-order valence-electron chi connectivity index (χ0n) is 35.7. The van der Waals surface area contributed by atoms with Gasteiger partial charge in [-0.2, -0.15) is 0 Å². The molecule has 18 heteroatoms. The molecule has 0 bridgehead atoms. The lowest BCUT2D eigenvalue weighted by Crippen LogP contribution is -2.56. The first-order chi connectivity index (χ1) is 30.4. The molecule has 3 saturated heterocycles. The predicted molar refractivity (Wildman–Crippen MR) is 241 cm³/mol. The van der Waals surface area contributed by atoms with Gasteiger partial charge in [-0.25, -0.2) is 27.2 Å². The van der Waals surface area contributed by atoms with E-state index in [1.165, 1.54) is 6.07 Å². The lowest BCUT2D eigenvalue weighted by molar-refractivity contribution is -0.202. The van der Waals surface area contributed by atoms with Gasteiger partial charge in [-0.1, -0.05) is 26.7 Å². The highest BCUT2D eigenvalue weighted by molar-refractivity contribution is 7.96. The summed E-state index contributed by atoms with van der Waals surface area (Å²) in [4.78, 5) is 32.2. The Morgan fingerprint density at radius 3 is 1.56 bits per heavy atom. The third-order valence-corrected chi connectivity index (χ3v) is 19.6. The van der Waals surface area contributed by atoms with E-state index < -0.39 is 47.3 Å². The molecule has 2 aromatic heterocycles. The van der Waals surface area contributed by atoms with Crippen molar-refractivity contribution in [3.05, 3.63) is 72.8 Å². The number of unbranched alkanes of at least 4 members (excludes halogenated alkanes) is 2. The van der Waals surface area contributed by atoms with Crippen molar-refractivity contribution in [2.75, 3.05) is 46.2 Å². The second kappa shape index (κ2) is 22.3. The maximum Gasteiger partial charge on any atom is 0.325 e. The molecule has 2 N–H and O–H groups in total. The van der Waals surface area contributed by atoms with Crippen LogP contribution in [0.25, 0.3) is 20.9 Å². The molecular weight excluding hydrogens is 891 g/mol. The fraction of sp³-hybridized carbons (Fsp3) is 0.511. The van der Waals surface area contributed by atoms with Crippen molar-refractivity contribution in [3.8, 4) is 32.4 Å². The van der Waals surface area contributed by atoms with Crippen molar-refractivity contribution < 1.29 is 60.1 Å².